The number of carbonyl (C=O) groups excluding carboxylic acids is 1. The van der Waals surface area contributed by atoms with Crippen LogP contribution in [0.2, 0.25) is 0 Å². The zero-order chi connectivity index (χ0) is 27.9. The lowest BCUT2D eigenvalue weighted by atomic mass is 9.93. The highest BCUT2D eigenvalue weighted by Crippen LogP contribution is 2.33. The Kier molecular flexibility index (Phi) is 6.35. The number of aromatic amines is 2. The summed E-state index contributed by atoms with van der Waals surface area (Å²) in [5.74, 6) is 0.313. The Bertz CT molecular complexity index is 1830. The third-order valence-corrected chi connectivity index (χ3v) is 7.93. The lowest BCUT2D eigenvalue weighted by molar-refractivity contribution is -0.125. The van der Waals surface area contributed by atoms with Gasteiger partial charge in [-0.25, -0.2) is 14.4 Å². The first-order valence-corrected chi connectivity index (χ1v) is 13.7. The van der Waals surface area contributed by atoms with Crippen molar-refractivity contribution in [2.45, 2.75) is 25.2 Å². The number of aliphatic imine (C=N–C) groups is 1. The molecule has 1 atom stereocenters. The van der Waals surface area contributed by atoms with Gasteiger partial charge in [0.15, 0.2) is 11.5 Å². The number of rotatable bonds is 5. The highest BCUT2D eigenvalue weighted by Gasteiger charge is 2.26. The number of likely N-dealkylation sites (tertiary alicyclic amines) is 1. The summed E-state index contributed by atoms with van der Waals surface area (Å²) >= 11 is 0. The molecule has 1 fully saturated rings. The number of H-pyrrole nitrogens is 2. The van der Waals surface area contributed by atoms with Crippen molar-refractivity contribution in [3.8, 4) is 22.6 Å². The van der Waals surface area contributed by atoms with Gasteiger partial charge in [-0.2, -0.15) is 5.10 Å². The van der Waals surface area contributed by atoms with Gasteiger partial charge in [0.1, 0.15) is 11.5 Å². The van der Waals surface area contributed by atoms with E-state index in [4.69, 9.17) is 4.98 Å². The molecule has 1 aromatic carbocycles. The van der Waals surface area contributed by atoms with Crippen LogP contribution in [0.3, 0.4) is 0 Å². The molecule has 3 N–H and O–H groups in total. The molecule has 10 nitrogen and oxygen atoms in total. The lowest BCUT2D eigenvalue weighted by Gasteiger charge is -2.28. The quantitative estimate of drug-likeness (QED) is 0.295. The van der Waals surface area contributed by atoms with Crippen LogP contribution in [0.5, 0.6) is 0 Å². The van der Waals surface area contributed by atoms with Crippen LogP contribution in [0.25, 0.3) is 44.7 Å². The second-order valence-electron chi connectivity index (χ2n) is 10.7. The predicted molar refractivity (Wildman–Crippen MR) is 154 cm³/mol. The van der Waals surface area contributed by atoms with Crippen LogP contribution in [-0.4, -0.2) is 67.3 Å². The molecule has 2 aliphatic heterocycles. The number of nitrogens with zero attached hydrogens (tertiary/aromatic N) is 6. The number of aromatic nitrogens is 6. The molecule has 4 aromatic heterocycles. The first-order valence-electron chi connectivity index (χ1n) is 13.7. The Morgan fingerprint density at radius 3 is 2.88 bits per heavy atom. The maximum Gasteiger partial charge on any atom is 0.227 e. The Morgan fingerprint density at radius 2 is 2.02 bits per heavy atom. The average molecular weight is 550 g/mol. The summed E-state index contributed by atoms with van der Waals surface area (Å²) in [6.45, 7) is 1.87. The third kappa shape index (κ3) is 4.89. The van der Waals surface area contributed by atoms with E-state index in [1.165, 1.54) is 12.1 Å². The number of halogens is 1. The highest BCUT2D eigenvalue weighted by atomic mass is 19.1. The van der Waals surface area contributed by atoms with Crippen LogP contribution in [0.4, 0.5) is 4.39 Å². The number of imidazole rings is 1. The van der Waals surface area contributed by atoms with Gasteiger partial charge >= 0.3 is 0 Å². The maximum absolute atomic E-state index is 13.9. The molecule has 41 heavy (non-hydrogen) atoms. The van der Waals surface area contributed by atoms with E-state index in [0.29, 0.717) is 34.7 Å². The number of piperidine rings is 1. The summed E-state index contributed by atoms with van der Waals surface area (Å²) in [6.07, 6.45) is 11.2. The van der Waals surface area contributed by atoms with Crippen LogP contribution in [-0.2, 0) is 4.79 Å². The first kappa shape index (κ1) is 25.2. The van der Waals surface area contributed by atoms with Gasteiger partial charge in [0.05, 0.1) is 22.6 Å². The van der Waals surface area contributed by atoms with Gasteiger partial charge in [-0.05, 0) is 62.3 Å². The first-order chi connectivity index (χ1) is 20.0. The number of pyridine rings is 2. The summed E-state index contributed by atoms with van der Waals surface area (Å²) in [5, 5.41) is 11.4. The monoisotopic (exact) mass is 549 g/mol. The van der Waals surface area contributed by atoms with Crippen LogP contribution < -0.4 is 5.32 Å². The summed E-state index contributed by atoms with van der Waals surface area (Å²) in [7, 11) is 2.09. The van der Waals surface area contributed by atoms with Gasteiger partial charge < -0.3 is 15.2 Å². The summed E-state index contributed by atoms with van der Waals surface area (Å²) in [5.41, 5.74) is 5.85. The van der Waals surface area contributed by atoms with E-state index in [-0.39, 0.29) is 23.6 Å². The molecule has 0 saturated carbocycles. The van der Waals surface area contributed by atoms with Crippen molar-refractivity contribution in [2.75, 3.05) is 20.1 Å². The van der Waals surface area contributed by atoms with Crippen molar-refractivity contribution in [2.24, 2.45) is 10.9 Å². The third-order valence-electron chi connectivity index (χ3n) is 7.93. The van der Waals surface area contributed by atoms with E-state index in [1.54, 1.807) is 30.9 Å². The molecule has 6 heterocycles. The van der Waals surface area contributed by atoms with Gasteiger partial charge in [-0.3, -0.25) is 19.9 Å². The number of hydrogen-bond donors (Lipinski definition) is 3. The summed E-state index contributed by atoms with van der Waals surface area (Å²) in [4.78, 5) is 36.7. The van der Waals surface area contributed by atoms with Crippen LogP contribution in [0, 0.1) is 11.7 Å². The second kappa shape index (κ2) is 10.3. The van der Waals surface area contributed by atoms with E-state index in [0.717, 1.165) is 53.7 Å². The molecule has 1 unspecified atom stereocenters. The maximum atomic E-state index is 13.9. The van der Waals surface area contributed by atoms with Gasteiger partial charge in [-0.1, -0.05) is 12.1 Å². The summed E-state index contributed by atoms with van der Waals surface area (Å²) in [6, 6.07) is 8.42. The zero-order valence-corrected chi connectivity index (χ0v) is 22.4. The minimum Gasteiger partial charge on any atom is -0.335 e. The highest BCUT2D eigenvalue weighted by molar-refractivity contribution is 5.96. The number of carbonyl (C=O) groups is 1. The molecule has 5 aromatic rings. The van der Waals surface area contributed by atoms with E-state index in [1.807, 2.05) is 18.3 Å². The molecule has 206 valence electrons. The molecular weight excluding hydrogens is 521 g/mol. The predicted octanol–water partition coefficient (Wildman–Crippen LogP) is 4.56. The molecule has 0 radical (unpaired) electrons. The molecular formula is C30H28FN9O. The number of hydrogen-bond acceptors (Lipinski definition) is 7. The Labute approximate surface area is 234 Å². The van der Waals surface area contributed by atoms with E-state index in [2.05, 4.69) is 47.4 Å². The van der Waals surface area contributed by atoms with Gasteiger partial charge in [-0.15, -0.1) is 0 Å². The minimum atomic E-state index is -0.320. The SMILES string of the molecule is CN1CCC(C(=O)NC2=CN=CC(c3cnc4n[nH]c(-c5nc6c(-c7cccc(F)c7)cncc6[nH]5)c4c3)C2)CC1. The summed E-state index contributed by atoms with van der Waals surface area (Å²) < 4.78 is 13.9. The van der Waals surface area contributed by atoms with E-state index < -0.39 is 0 Å². The van der Waals surface area contributed by atoms with Crippen molar-refractivity contribution >= 4 is 34.2 Å². The lowest BCUT2D eigenvalue weighted by Crippen LogP contribution is -2.39. The van der Waals surface area contributed by atoms with E-state index >= 15 is 0 Å². The fourth-order valence-electron chi connectivity index (χ4n) is 5.62. The molecule has 2 aliphatic rings. The van der Waals surface area contributed by atoms with Crippen molar-refractivity contribution < 1.29 is 9.18 Å². The Balaban J connectivity index is 1.15. The molecule has 11 heteroatoms. The van der Waals surface area contributed by atoms with Crippen molar-refractivity contribution in [3.05, 3.63) is 72.2 Å². The molecule has 0 spiro atoms. The standard InChI is InChI=1S/C30H28FN9O/c1-40-7-5-17(6-8-40)30(41)35-22-10-19(12-32-14-22)20-11-23-27(38-39-28(23)34-13-20)29-36-25-16-33-15-24(26(25)37-29)18-3-2-4-21(31)9-18/h2-4,9,11-17,19H,5-8,10H2,1H3,(H,35,41)(H,36,37)(H,34,38,39). The second-order valence-corrected chi connectivity index (χ2v) is 10.7. The molecule has 0 bridgehead atoms. The minimum absolute atomic E-state index is 0.0309. The van der Waals surface area contributed by atoms with Crippen LogP contribution in [0.15, 0.2) is 65.8 Å². The molecule has 1 amide bonds. The zero-order valence-electron chi connectivity index (χ0n) is 22.4. The fraction of sp³-hybridized carbons (Fsp3) is 0.267. The van der Waals surface area contributed by atoms with Gasteiger partial charge in [0, 0.05) is 54.3 Å². The van der Waals surface area contributed by atoms with Crippen molar-refractivity contribution in [1.29, 1.82) is 0 Å². The molecule has 1 saturated heterocycles. The topological polar surface area (TPSA) is 128 Å². The van der Waals surface area contributed by atoms with Crippen molar-refractivity contribution in [1.82, 2.24) is 40.3 Å². The Hall–Kier alpha value is -4.77. The normalized spacial score (nSPS) is 18.2. The number of fused-ring (bicyclic) bond motifs is 2. The largest absolute Gasteiger partial charge is 0.335 e. The average Bonchev–Trinajstić information content (AvgIpc) is 3.61. The van der Waals surface area contributed by atoms with Crippen LogP contribution in [0.1, 0.15) is 30.7 Å². The molecule has 0 aliphatic carbocycles. The number of allylic oxidation sites excluding steroid dienone is 1. The van der Waals surface area contributed by atoms with Gasteiger partial charge in [0.25, 0.3) is 0 Å². The number of benzene rings is 1. The molecule has 7 rings (SSSR count). The Morgan fingerprint density at radius 1 is 1.15 bits per heavy atom. The van der Waals surface area contributed by atoms with E-state index in [9.17, 15) is 9.18 Å². The smallest absolute Gasteiger partial charge is 0.227 e. The van der Waals surface area contributed by atoms with Crippen molar-refractivity contribution in [3.63, 3.8) is 0 Å². The van der Waals surface area contributed by atoms with Gasteiger partial charge in [0.2, 0.25) is 5.91 Å². The number of amides is 1. The van der Waals surface area contributed by atoms with Crippen LogP contribution >= 0.6 is 0 Å². The number of nitrogens with one attached hydrogen (secondary N) is 3. The fourth-order valence-corrected chi connectivity index (χ4v) is 5.62.